The van der Waals surface area contributed by atoms with Crippen molar-refractivity contribution in [2.75, 3.05) is 6.26 Å². The average molecular weight is 517 g/mol. The molecule has 0 unspecified atom stereocenters. The molecule has 2 atom stereocenters. The normalized spacial score (nSPS) is 23.7. The molecule has 1 N–H and O–H groups in total. The van der Waals surface area contributed by atoms with E-state index in [0.717, 1.165) is 17.4 Å². The molecule has 3 aliphatic rings. The smallest absolute Gasteiger partial charge is 0.303 e. The van der Waals surface area contributed by atoms with Gasteiger partial charge in [0.1, 0.15) is 5.82 Å². The van der Waals surface area contributed by atoms with E-state index in [4.69, 9.17) is 4.74 Å². The molecular weight excluding hydrogens is 483 g/mol. The van der Waals surface area contributed by atoms with E-state index in [-0.39, 0.29) is 18.4 Å². The number of aryl methyl sites for hydroxylation is 1. The Morgan fingerprint density at radius 3 is 2.44 bits per heavy atom. The molecule has 5 rings (SSSR count). The molecule has 7 nitrogen and oxygen atoms in total. The lowest BCUT2D eigenvalue weighted by Crippen LogP contribution is -2.72. The van der Waals surface area contributed by atoms with Crippen molar-refractivity contribution in [3.63, 3.8) is 0 Å². The molecule has 1 saturated carbocycles. The second-order valence-corrected chi connectivity index (χ2v) is 12.3. The van der Waals surface area contributed by atoms with Crippen LogP contribution in [0.1, 0.15) is 44.7 Å². The van der Waals surface area contributed by atoms with Crippen molar-refractivity contribution in [2.24, 2.45) is 5.92 Å². The highest BCUT2D eigenvalue weighted by atomic mass is 32.2. The van der Waals surface area contributed by atoms with E-state index in [9.17, 15) is 18.0 Å². The molecular formula is C27H33FN2O5S. The Morgan fingerprint density at radius 2 is 1.83 bits per heavy atom. The van der Waals surface area contributed by atoms with Gasteiger partial charge in [0.05, 0.1) is 12.3 Å². The molecule has 1 aliphatic carbocycles. The van der Waals surface area contributed by atoms with Crippen LogP contribution in [-0.4, -0.2) is 55.2 Å². The topological polar surface area (TPSA) is 92.8 Å². The maximum Gasteiger partial charge on any atom is 0.303 e. The molecule has 1 amide bonds. The summed E-state index contributed by atoms with van der Waals surface area (Å²) in [5, 5.41) is 0. The quantitative estimate of drug-likeness (QED) is 0.568. The van der Waals surface area contributed by atoms with Crippen molar-refractivity contribution >= 4 is 21.9 Å². The van der Waals surface area contributed by atoms with Gasteiger partial charge in [-0.3, -0.25) is 9.59 Å². The number of nitrogens with zero attached hydrogens (tertiary/aromatic N) is 1. The fourth-order valence-corrected chi connectivity index (χ4v) is 6.43. The van der Waals surface area contributed by atoms with E-state index < -0.39 is 45.4 Å². The van der Waals surface area contributed by atoms with Gasteiger partial charge in [0, 0.05) is 24.6 Å². The Morgan fingerprint density at radius 1 is 1.17 bits per heavy atom. The zero-order chi connectivity index (χ0) is 26.4. The van der Waals surface area contributed by atoms with Gasteiger partial charge in [0.15, 0.2) is 5.60 Å². The number of carbonyl (C=O) groups excluding carboxylic acids is 2. The Labute approximate surface area is 212 Å². The van der Waals surface area contributed by atoms with E-state index in [1.54, 1.807) is 23.1 Å². The first-order valence-electron chi connectivity index (χ1n) is 12.1. The number of hydrogen-bond donors (Lipinski definition) is 1. The summed E-state index contributed by atoms with van der Waals surface area (Å²) >= 11 is 0. The maximum absolute atomic E-state index is 15.8. The molecule has 0 spiro atoms. The molecule has 36 heavy (non-hydrogen) atoms. The number of benzene rings is 2. The van der Waals surface area contributed by atoms with Crippen LogP contribution in [0.4, 0.5) is 4.39 Å². The van der Waals surface area contributed by atoms with Gasteiger partial charge in [0.25, 0.3) is 5.91 Å². The lowest BCUT2D eigenvalue weighted by atomic mass is 9.66. The van der Waals surface area contributed by atoms with E-state index in [0.29, 0.717) is 24.0 Å². The number of carbonyl (C=O) groups is 2. The number of sulfonamides is 1. The van der Waals surface area contributed by atoms with Crippen LogP contribution in [-0.2, 0) is 30.8 Å². The number of hydrogen-bond acceptors (Lipinski definition) is 5. The summed E-state index contributed by atoms with van der Waals surface area (Å²) in [6.45, 7) is 6.23. The molecule has 9 heteroatoms. The van der Waals surface area contributed by atoms with Crippen LogP contribution in [0.15, 0.2) is 42.5 Å². The van der Waals surface area contributed by atoms with Gasteiger partial charge < -0.3 is 9.64 Å². The molecule has 2 bridgehead atoms. The Bertz CT molecular complexity index is 1290. The highest BCUT2D eigenvalue weighted by Gasteiger charge is 2.55. The summed E-state index contributed by atoms with van der Waals surface area (Å²) in [5.74, 6) is -1.36. The number of nitrogens with one attached hydrogen (secondary N) is 1. The standard InChI is InChI=1S/C27H33FN2O5S/c1-16-8-6-9-18(12-16)22-11-7-10-19(24(22)28)15-23-25(29-36(5,33)34)20-13-21(14-20)30(23)26(32)27(3,4)35-17(2)31/h6-12,20-21,23,25,29H,13-15H2,1-5H3/t20?,21?,23-,25-/m0/s1. The summed E-state index contributed by atoms with van der Waals surface area (Å²) in [6, 6.07) is 11.4. The first-order chi connectivity index (χ1) is 16.8. The second-order valence-electron chi connectivity index (χ2n) is 10.5. The van der Waals surface area contributed by atoms with E-state index in [1.165, 1.54) is 20.8 Å². The maximum atomic E-state index is 15.8. The van der Waals surface area contributed by atoms with Crippen LogP contribution in [0.2, 0.25) is 0 Å². The highest BCUT2D eigenvalue weighted by Crippen LogP contribution is 2.45. The van der Waals surface area contributed by atoms with Crippen LogP contribution in [0.25, 0.3) is 11.1 Å². The van der Waals surface area contributed by atoms with Crippen LogP contribution in [0.5, 0.6) is 0 Å². The first-order valence-corrected chi connectivity index (χ1v) is 14.0. The van der Waals surface area contributed by atoms with Crippen molar-refractivity contribution in [3.8, 4) is 11.1 Å². The number of piperidine rings is 2. The fraction of sp³-hybridized carbons (Fsp3) is 0.481. The van der Waals surface area contributed by atoms with Crippen molar-refractivity contribution in [1.82, 2.24) is 9.62 Å². The fourth-order valence-electron chi connectivity index (χ4n) is 5.58. The van der Waals surface area contributed by atoms with E-state index >= 15 is 4.39 Å². The summed E-state index contributed by atoms with van der Waals surface area (Å²) in [7, 11) is -3.59. The predicted octanol–water partition coefficient (Wildman–Crippen LogP) is 3.59. The number of ether oxygens (including phenoxy) is 1. The summed E-state index contributed by atoms with van der Waals surface area (Å²) in [6.07, 6.45) is 2.48. The molecule has 2 aromatic rings. The number of halogens is 1. The number of amides is 1. The van der Waals surface area contributed by atoms with Gasteiger partial charge in [-0.15, -0.1) is 0 Å². The van der Waals surface area contributed by atoms with Crippen LogP contribution < -0.4 is 4.72 Å². The monoisotopic (exact) mass is 516 g/mol. The third-order valence-corrected chi connectivity index (χ3v) is 7.86. The summed E-state index contributed by atoms with van der Waals surface area (Å²) < 4.78 is 48.4. The van der Waals surface area contributed by atoms with Crippen molar-refractivity contribution in [2.45, 2.75) is 70.7 Å². The SMILES string of the molecule is CC(=O)OC(C)(C)C(=O)N1C2CC(C2)[C@H](NS(C)(=O)=O)[C@@H]1Cc1cccc(-c2cccc(C)c2)c1F. The zero-order valence-electron chi connectivity index (χ0n) is 21.2. The molecule has 2 saturated heterocycles. The van der Waals surface area contributed by atoms with Gasteiger partial charge in [0.2, 0.25) is 10.0 Å². The predicted molar refractivity (Wildman–Crippen MR) is 135 cm³/mol. The Hall–Kier alpha value is -2.78. The molecule has 194 valence electrons. The van der Waals surface area contributed by atoms with E-state index in [2.05, 4.69) is 4.72 Å². The second kappa shape index (κ2) is 9.59. The van der Waals surface area contributed by atoms with Gasteiger partial charge in [-0.05, 0) is 57.1 Å². The van der Waals surface area contributed by atoms with Gasteiger partial charge >= 0.3 is 5.97 Å². The first kappa shape index (κ1) is 26.3. The highest BCUT2D eigenvalue weighted by molar-refractivity contribution is 7.88. The minimum atomic E-state index is -3.59. The lowest BCUT2D eigenvalue weighted by Gasteiger charge is -2.59. The Balaban J connectivity index is 1.74. The lowest BCUT2D eigenvalue weighted by molar-refractivity contribution is -0.179. The largest absolute Gasteiger partial charge is 0.450 e. The van der Waals surface area contributed by atoms with Crippen molar-refractivity contribution in [1.29, 1.82) is 0 Å². The minimum absolute atomic E-state index is 0.0404. The van der Waals surface area contributed by atoms with Crippen molar-refractivity contribution in [3.05, 3.63) is 59.4 Å². The zero-order valence-corrected chi connectivity index (χ0v) is 22.1. The van der Waals surface area contributed by atoms with Crippen LogP contribution >= 0.6 is 0 Å². The number of fused-ring (bicyclic) bond motifs is 2. The molecule has 0 aromatic heterocycles. The third-order valence-electron chi connectivity index (χ3n) is 7.16. The molecule has 2 aromatic carbocycles. The van der Waals surface area contributed by atoms with Crippen molar-refractivity contribution < 1.29 is 27.1 Å². The van der Waals surface area contributed by atoms with E-state index in [1.807, 2.05) is 31.2 Å². The Kier molecular flexibility index (Phi) is 7.00. The molecule has 2 heterocycles. The number of rotatable bonds is 7. The minimum Gasteiger partial charge on any atom is -0.450 e. The summed E-state index contributed by atoms with van der Waals surface area (Å²) in [5.41, 5.74) is 1.15. The van der Waals surface area contributed by atoms with Crippen LogP contribution in [0, 0.1) is 18.7 Å². The summed E-state index contributed by atoms with van der Waals surface area (Å²) in [4.78, 5) is 27.0. The molecule has 2 aliphatic heterocycles. The van der Waals surface area contributed by atoms with Gasteiger partial charge in [-0.1, -0.05) is 48.0 Å². The van der Waals surface area contributed by atoms with Gasteiger partial charge in [-0.25, -0.2) is 17.5 Å². The van der Waals surface area contributed by atoms with Gasteiger partial charge in [-0.2, -0.15) is 0 Å². The average Bonchev–Trinajstić information content (AvgIpc) is 2.72. The van der Waals surface area contributed by atoms with Crippen LogP contribution in [0.3, 0.4) is 0 Å². The number of esters is 1. The molecule has 3 fully saturated rings. The molecule has 0 radical (unpaired) electrons. The third kappa shape index (κ3) is 5.32.